The number of aromatic nitrogens is 1. The number of hydrogen-bond acceptors (Lipinski definition) is 5. The lowest BCUT2D eigenvalue weighted by Crippen LogP contribution is -2.31. The van der Waals surface area contributed by atoms with Crippen LogP contribution in [-0.2, 0) is 11.3 Å². The summed E-state index contributed by atoms with van der Waals surface area (Å²) in [5.41, 5.74) is 4.54. The summed E-state index contributed by atoms with van der Waals surface area (Å²) in [6, 6.07) is 17.2. The number of carbonyl (C=O) groups is 1. The Balaban J connectivity index is 1.74. The molecular formula is C27H28BClN2O4. The molecule has 0 saturated carbocycles. The molecule has 0 bridgehead atoms. The van der Waals surface area contributed by atoms with E-state index < -0.39 is 0 Å². The van der Waals surface area contributed by atoms with Crippen LogP contribution in [0.15, 0.2) is 60.7 Å². The van der Waals surface area contributed by atoms with Crippen LogP contribution in [0.25, 0.3) is 5.57 Å². The van der Waals surface area contributed by atoms with Crippen molar-refractivity contribution in [2.24, 2.45) is 0 Å². The van der Waals surface area contributed by atoms with Crippen molar-refractivity contribution in [3.05, 3.63) is 82.5 Å². The van der Waals surface area contributed by atoms with Crippen molar-refractivity contribution in [2.75, 3.05) is 21.3 Å². The van der Waals surface area contributed by atoms with E-state index in [4.69, 9.17) is 30.8 Å². The third-order valence-corrected chi connectivity index (χ3v) is 6.50. The van der Waals surface area contributed by atoms with Gasteiger partial charge in [0.05, 0.1) is 33.1 Å². The van der Waals surface area contributed by atoms with Crippen LogP contribution in [0.2, 0.25) is 5.02 Å². The van der Waals surface area contributed by atoms with Crippen LogP contribution in [0.3, 0.4) is 0 Å². The molecule has 1 fully saturated rings. The number of carbonyl (C=O) groups excluding carboxylic acids is 1. The minimum atomic E-state index is -0.103. The Kier molecular flexibility index (Phi) is 7.66. The molecule has 2 heterocycles. The number of benzene rings is 2. The predicted molar refractivity (Wildman–Crippen MR) is 141 cm³/mol. The maximum atomic E-state index is 12.9. The first-order valence-corrected chi connectivity index (χ1v) is 11.8. The van der Waals surface area contributed by atoms with Gasteiger partial charge in [-0.1, -0.05) is 35.9 Å². The van der Waals surface area contributed by atoms with E-state index >= 15 is 0 Å². The van der Waals surface area contributed by atoms with E-state index in [2.05, 4.69) is 6.08 Å². The highest BCUT2D eigenvalue weighted by Gasteiger charge is 2.31. The minimum absolute atomic E-state index is 0.103. The van der Waals surface area contributed by atoms with Crippen molar-refractivity contribution in [2.45, 2.75) is 25.4 Å². The van der Waals surface area contributed by atoms with E-state index in [1.165, 1.54) is 0 Å². The van der Waals surface area contributed by atoms with Gasteiger partial charge in [0, 0.05) is 35.2 Å². The molecule has 1 saturated heterocycles. The van der Waals surface area contributed by atoms with Gasteiger partial charge in [0.1, 0.15) is 19.3 Å². The highest BCUT2D eigenvalue weighted by molar-refractivity contribution is 6.34. The van der Waals surface area contributed by atoms with Gasteiger partial charge in [-0.3, -0.25) is 4.79 Å². The fraction of sp³-hybridized carbons (Fsp3) is 0.259. The molecule has 8 heteroatoms. The van der Waals surface area contributed by atoms with Gasteiger partial charge in [0.25, 0.3) is 0 Å². The molecule has 1 amide bonds. The van der Waals surface area contributed by atoms with Gasteiger partial charge in [-0.25, -0.2) is 4.98 Å². The third kappa shape index (κ3) is 5.46. The lowest BCUT2D eigenvalue weighted by atomic mass is 9.94. The van der Waals surface area contributed by atoms with Gasteiger partial charge in [-0.15, -0.1) is 0 Å². The van der Waals surface area contributed by atoms with Gasteiger partial charge in [-0.05, 0) is 47.8 Å². The van der Waals surface area contributed by atoms with Crippen LogP contribution in [0, 0.1) is 0 Å². The average Bonchev–Trinajstić information content (AvgIpc) is 3.22. The zero-order valence-corrected chi connectivity index (χ0v) is 21.1. The number of nitrogens with zero attached hydrogens (tertiary/aromatic N) is 2. The van der Waals surface area contributed by atoms with Gasteiger partial charge < -0.3 is 19.1 Å². The van der Waals surface area contributed by atoms with E-state index in [1.807, 2.05) is 67.3 Å². The van der Waals surface area contributed by atoms with Crippen molar-refractivity contribution < 1.29 is 19.0 Å². The Morgan fingerprint density at radius 1 is 1.09 bits per heavy atom. The van der Waals surface area contributed by atoms with Crippen LogP contribution in [-0.4, -0.2) is 51.0 Å². The second-order valence-corrected chi connectivity index (χ2v) is 8.85. The number of ether oxygens (including phenoxy) is 3. The van der Waals surface area contributed by atoms with Crippen molar-refractivity contribution in [1.29, 1.82) is 0 Å². The van der Waals surface area contributed by atoms with E-state index in [1.54, 1.807) is 21.3 Å². The van der Waals surface area contributed by atoms with Crippen LogP contribution in [0.4, 0.5) is 0 Å². The number of likely N-dealkylation sites (tertiary alicyclic amines) is 1. The third-order valence-electron chi connectivity index (χ3n) is 6.24. The molecule has 6 nitrogen and oxygen atoms in total. The fourth-order valence-electron chi connectivity index (χ4n) is 4.32. The zero-order chi connectivity index (χ0) is 24.9. The highest BCUT2D eigenvalue weighted by atomic mass is 35.5. The normalized spacial score (nSPS) is 15.9. The van der Waals surface area contributed by atoms with E-state index in [0.29, 0.717) is 35.4 Å². The number of methoxy groups -OCH3 is 3. The minimum Gasteiger partial charge on any atom is -0.497 e. The molecule has 1 atom stereocenters. The van der Waals surface area contributed by atoms with E-state index in [-0.39, 0.29) is 11.9 Å². The summed E-state index contributed by atoms with van der Waals surface area (Å²) in [5, 5.41) is 0.659. The van der Waals surface area contributed by atoms with Gasteiger partial charge in [0.2, 0.25) is 11.8 Å². The lowest BCUT2D eigenvalue weighted by molar-refractivity contribution is -0.129. The van der Waals surface area contributed by atoms with E-state index in [0.717, 1.165) is 34.3 Å². The Bertz CT molecular complexity index is 1250. The molecule has 0 unspecified atom stereocenters. The molecule has 1 aliphatic heterocycles. The summed E-state index contributed by atoms with van der Waals surface area (Å²) in [5.74, 6) is 2.08. The quantitative estimate of drug-likeness (QED) is 0.451. The van der Waals surface area contributed by atoms with Gasteiger partial charge >= 0.3 is 0 Å². The molecular weight excluding hydrogens is 463 g/mol. The summed E-state index contributed by atoms with van der Waals surface area (Å²) in [7, 11) is 6.81. The molecule has 2 aromatic carbocycles. The molecule has 0 N–H and O–H groups in total. The summed E-state index contributed by atoms with van der Waals surface area (Å²) in [4.78, 5) is 19.6. The second-order valence-electron chi connectivity index (χ2n) is 8.42. The standard InChI is InChI=1S/C27H28BClN2O4/c1-33-21-10-6-18(25(15-21)34-2)16-31-20(9-13-26(31)32)14-22(17-4-7-19(29)8-5-17)24-12-11-23(28)27(30-24)35-3/h4-8,10-12,14-15,20H,9,13,16,28H2,1-3H3/b22-14+/t20-/m1/s1. The smallest absolute Gasteiger partial charge is 0.223 e. The van der Waals surface area contributed by atoms with Crippen molar-refractivity contribution in [3.63, 3.8) is 0 Å². The predicted octanol–water partition coefficient (Wildman–Crippen LogP) is 3.64. The van der Waals surface area contributed by atoms with Crippen molar-refractivity contribution in [1.82, 2.24) is 9.88 Å². The summed E-state index contributed by atoms with van der Waals surface area (Å²) >= 11 is 6.16. The second kappa shape index (κ2) is 10.9. The molecule has 1 aromatic heterocycles. The molecule has 3 aromatic rings. The fourth-order valence-corrected chi connectivity index (χ4v) is 4.44. The van der Waals surface area contributed by atoms with E-state index in [9.17, 15) is 4.79 Å². The van der Waals surface area contributed by atoms with Crippen molar-refractivity contribution >= 4 is 36.4 Å². The molecule has 35 heavy (non-hydrogen) atoms. The number of halogens is 1. The lowest BCUT2D eigenvalue weighted by Gasteiger charge is -2.25. The number of amides is 1. The van der Waals surface area contributed by atoms with Crippen LogP contribution in [0.1, 0.15) is 29.7 Å². The molecule has 1 aliphatic rings. The maximum Gasteiger partial charge on any atom is 0.223 e. The first-order chi connectivity index (χ1) is 16.9. The molecule has 0 aliphatic carbocycles. The largest absolute Gasteiger partial charge is 0.497 e. The highest BCUT2D eigenvalue weighted by Crippen LogP contribution is 2.32. The van der Waals surface area contributed by atoms with Gasteiger partial charge in [0.15, 0.2) is 0 Å². The monoisotopic (exact) mass is 490 g/mol. The maximum absolute atomic E-state index is 12.9. The summed E-state index contributed by atoms with van der Waals surface area (Å²) in [6.45, 7) is 0.436. The van der Waals surface area contributed by atoms with Crippen LogP contribution < -0.4 is 19.7 Å². The first-order valence-electron chi connectivity index (χ1n) is 11.4. The SMILES string of the molecule is Bc1ccc(/C(=C/[C@H]2CCC(=O)N2Cc2ccc(OC)cc2OC)c2ccc(Cl)cc2)nc1OC. The first kappa shape index (κ1) is 24.7. The number of pyridine rings is 1. The Morgan fingerprint density at radius 2 is 1.86 bits per heavy atom. The summed E-state index contributed by atoms with van der Waals surface area (Å²) < 4.78 is 16.4. The molecule has 0 spiro atoms. The van der Waals surface area contributed by atoms with Crippen LogP contribution >= 0.6 is 11.6 Å². The Hall–Kier alpha value is -3.45. The molecule has 4 rings (SSSR count). The average molecular weight is 491 g/mol. The molecule has 0 radical (unpaired) electrons. The van der Waals surface area contributed by atoms with Crippen molar-refractivity contribution in [3.8, 4) is 17.4 Å². The summed E-state index contributed by atoms with van der Waals surface area (Å²) in [6.07, 6.45) is 3.33. The topological polar surface area (TPSA) is 60.9 Å². The van der Waals surface area contributed by atoms with Gasteiger partial charge in [-0.2, -0.15) is 0 Å². The van der Waals surface area contributed by atoms with Crippen LogP contribution in [0.5, 0.6) is 17.4 Å². The number of hydrogen-bond donors (Lipinski definition) is 0. The zero-order valence-electron chi connectivity index (χ0n) is 20.4. The molecule has 180 valence electrons. The number of rotatable bonds is 8. The Morgan fingerprint density at radius 3 is 2.54 bits per heavy atom. The Labute approximate surface area is 211 Å².